The number of benzene rings is 2. The highest BCUT2D eigenvalue weighted by molar-refractivity contribution is 6.35. The molecule has 18 heavy (non-hydrogen) atoms. The Morgan fingerprint density at radius 2 is 1.44 bits per heavy atom. The predicted octanol–water partition coefficient (Wildman–Crippen LogP) is 6.28. The third kappa shape index (κ3) is 2.95. The van der Waals surface area contributed by atoms with E-state index < -0.39 is 0 Å². The molecule has 2 rings (SSSR count). The van der Waals surface area contributed by atoms with Crippen molar-refractivity contribution in [2.45, 2.75) is 12.3 Å². The monoisotopic (exact) mass is 318 g/mol. The standard InChI is InChI=1S/C14H10Cl4/c1-8-6-9(15)2-4-11(8)14(18)12-7-10(16)3-5-13(12)17/h2-7,14H,1H3. The highest BCUT2D eigenvalue weighted by Gasteiger charge is 2.16. The smallest absolute Gasteiger partial charge is 0.0852 e. The second-order valence-corrected chi connectivity index (χ2v) is 5.75. The van der Waals surface area contributed by atoms with Crippen LogP contribution in [0.15, 0.2) is 36.4 Å². The molecule has 0 nitrogen and oxygen atoms in total. The molecular weight excluding hydrogens is 310 g/mol. The van der Waals surface area contributed by atoms with E-state index in [0.717, 1.165) is 16.7 Å². The lowest BCUT2D eigenvalue weighted by atomic mass is 10.00. The van der Waals surface area contributed by atoms with E-state index in [1.165, 1.54) is 0 Å². The van der Waals surface area contributed by atoms with Crippen LogP contribution in [0, 0.1) is 6.92 Å². The van der Waals surface area contributed by atoms with Gasteiger partial charge in [0.1, 0.15) is 0 Å². The Hall–Kier alpha value is -0.400. The molecule has 2 aromatic carbocycles. The number of halogens is 4. The Balaban J connectivity index is 2.47. The zero-order valence-electron chi connectivity index (χ0n) is 9.55. The van der Waals surface area contributed by atoms with Crippen molar-refractivity contribution in [3.63, 3.8) is 0 Å². The molecule has 0 aliphatic rings. The topological polar surface area (TPSA) is 0 Å². The van der Waals surface area contributed by atoms with Gasteiger partial charge < -0.3 is 0 Å². The molecule has 2 aromatic rings. The van der Waals surface area contributed by atoms with Crippen LogP contribution in [0.4, 0.5) is 0 Å². The zero-order chi connectivity index (χ0) is 13.3. The molecule has 0 aliphatic carbocycles. The van der Waals surface area contributed by atoms with Gasteiger partial charge in [0.2, 0.25) is 0 Å². The summed E-state index contributed by atoms with van der Waals surface area (Å²) >= 11 is 24.5. The summed E-state index contributed by atoms with van der Waals surface area (Å²) < 4.78 is 0. The lowest BCUT2D eigenvalue weighted by Crippen LogP contribution is -1.97. The van der Waals surface area contributed by atoms with Crippen molar-refractivity contribution in [1.82, 2.24) is 0 Å². The SMILES string of the molecule is Cc1cc(Cl)ccc1C(Cl)c1cc(Cl)ccc1Cl. The van der Waals surface area contributed by atoms with Crippen LogP contribution in [-0.2, 0) is 0 Å². The lowest BCUT2D eigenvalue weighted by molar-refractivity contribution is 1.11. The maximum absolute atomic E-state index is 6.48. The van der Waals surface area contributed by atoms with E-state index in [4.69, 9.17) is 46.4 Å². The van der Waals surface area contributed by atoms with Crippen LogP contribution in [0.25, 0.3) is 0 Å². The third-order valence-electron chi connectivity index (χ3n) is 2.74. The van der Waals surface area contributed by atoms with Crippen molar-refractivity contribution in [2.75, 3.05) is 0 Å². The van der Waals surface area contributed by atoms with Crippen molar-refractivity contribution in [3.8, 4) is 0 Å². The van der Waals surface area contributed by atoms with Gasteiger partial charge in [0.15, 0.2) is 0 Å². The number of hydrogen-bond acceptors (Lipinski definition) is 0. The van der Waals surface area contributed by atoms with Crippen molar-refractivity contribution in [3.05, 3.63) is 68.2 Å². The lowest BCUT2D eigenvalue weighted by Gasteiger charge is -2.15. The predicted molar refractivity (Wildman–Crippen MR) is 80.3 cm³/mol. The molecule has 94 valence electrons. The molecule has 0 radical (unpaired) electrons. The first-order valence-corrected chi connectivity index (χ1v) is 6.91. The minimum absolute atomic E-state index is 0.339. The normalized spacial score (nSPS) is 12.5. The van der Waals surface area contributed by atoms with Gasteiger partial charge in [-0.25, -0.2) is 0 Å². The van der Waals surface area contributed by atoms with Crippen molar-refractivity contribution in [1.29, 1.82) is 0 Å². The molecule has 1 atom stereocenters. The molecule has 0 heterocycles. The summed E-state index contributed by atoms with van der Waals surface area (Å²) in [6.45, 7) is 1.97. The summed E-state index contributed by atoms with van der Waals surface area (Å²) in [6.07, 6.45) is 0. The van der Waals surface area contributed by atoms with Crippen LogP contribution < -0.4 is 0 Å². The summed E-state index contributed by atoms with van der Waals surface area (Å²) in [5.74, 6) is 0. The molecule has 0 aromatic heterocycles. The molecule has 0 amide bonds. The second-order valence-electron chi connectivity index (χ2n) is 4.03. The van der Waals surface area contributed by atoms with Crippen LogP contribution in [-0.4, -0.2) is 0 Å². The maximum atomic E-state index is 6.48. The molecular formula is C14H10Cl4. The first kappa shape index (κ1) is 14.0. The fourth-order valence-electron chi connectivity index (χ4n) is 1.80. The average Bonchev–Trinajstić information content (AvgIpc) is 2.31. The Labute approximate surface area is 126 Å². The van der Waals surface area contributed by atoms with Gasteiger partial charge in [-0.05, 0) is 53.9 Å². The van der Waals surface area contributed by atoms with Crippen molar-refractivity contribution in [2.24, 2.45) is 0 Å². The summed E-state index contributed by atoms with van der Waals surface area (Å²) in [7, 11) is 0. The van der Waals surface area contributed by atoms with E-state index >= 15 is 0 Å². The summed E-state index contributed by atoms with van der Waals surface area (Å²) in [5, 5.41) is 1.58. The Kier molecular flexibility index (Phi) is 4.45. The summed E-state index contributed by atoms with van der Waals surface area (Å²) in [6, 6.07) is 10.9. The zero-order valence-corrected chi connectivity index (χ0v) is 12.6. The number of aryl methyl sites for hydroxylation is 1. The van der Waals surface area contributed by atoms with Gasteiger partial charge in [-0.2, -0.15) is 0 Å². The summed E-state index contributed by atoms with van der Waals surface area (Å²) in [4.78, 5) is 0. The molecule has 0 bridgehead atoms. The molecule has 0 fully saturated rings. The quantitative estimate of drug-likeness (QED) is 0.571. The number of rotatable bonds is 2. The molecule has 0 aliphatic heterocycles. The van der Waals surface area contributed by atoms with Gasteiger partial charge in [-0.1, -0.05) is 40.9 Å². The first-order valence-electron chi connectivity index (χ1n) is 5.34. The van der Waals surface area contributed by atoms with Crippen LogP contribution >= 0.6 is 46.4 Å². The maximum Gasteiger partial charge on any atom is 0.0852 e. The minimum atomic E-state index is -0.339. The van der Waals surface area contributed by atoms with E-state index in [-0.39, 0.29) is 5.38 Å². The molecule has 1 unspecified atom stereocenters. The molecule has 0 saturated heterocycles. The molecule has 4 heteroatoms. The van der Waals surface area contributed by atoms with Gasteiger partial charge in [-0.15, -0.1) is 11.6 Å². The highest BCUT2D eigenvalue weighted by Crippen LogP contribution is 2.37. The van der Waals surface area contributed by atoms with E-state index in [1.807, 2.05) is 25.1 Å². The Bertz CT molecular complexity index is 578. The van der Waals surface area contributed by atoms with Gasteiger partial charge in [-0.3, -0.25) is 0 Å². The van der Waals surface area contributed by atoms with E-state index in [2.05, 4.69) is 0 Å². The fourth-order valence-corrected chi connectivity index (χ4v) is 2.91. The Morgan fingerprint density at radius 1 is 0.833 bits per heavy atom. The highest BCUT2D eigenvalue weighted by atomic mass is 35.5. The summed E-state index contributed by atoms with van der Waals surface area (Å²) in [5.41, 5.74) is 2.81. The van der Waals surface area contributed by atoms with Crippen LogP contribution in [0.1, 0.15) is 22.1 Å². The van der Waals surface area contributed by atoms with Crippen LogP contribution in [0.2, 0.25) is 15.1 Å². The molecule has 0 N–H and O–H groups in total. The molecule has 0 spiro atoms. The number of hydrogen-bond donors (Lipinski definition) is 0. The van der Waals surface area contributed by atoms with E-state index in [0.29, 0.717) is 15.1 Å². The Morgan fingerprint density at radius 3 is 2.11 bits per heavy atom. The van der Waals surface area contributed by atoms with Gasteiger partial charge >= 0.3 is 0 Å². The average molecular weight is 320 g/mol. The van der Waals surface area contributed by atoms with Gasteiger partial charge in [0.25, 0.3) is 0 Å². The number of alkyl halides is 1. The van der Waals surface area contributed by atoms with E-state index in [1.54, 1.807) is 18.2 Å². The third-order valence-corrected chi connectivity index (χ3v) is 4.02. The van der Waals surface area contributed by atoms with E-state index in [9.17, 15) is 0 Å². The van der Waals surface area contributed by atoms with Crippen molar-refractivity contribution >= 4 is 46.4 Å². The van der Waals surface area contributed by atoms with Crippen molar-refractivity contribution < 1.29 is 0 Å². The first-order chi connectivity index (χ1) is 8.49. The second kappa shape index (κ2) is 5.71. The fraction of sp³-hybridized carbons (Fsp3) is 0.143. The van der Waals surface area contributed by atoms with Gasteiger partial charge in [0.05, 0.1) is 5.38 Å². The van der Waals surface area contributed by atoms with Gasteiger partial charge in [0, 0.05) is 15.1 Å². The largest absolute Gasteiger partial charge is 0.113 e. The van der Waals surface area contributed by atoms with Crippen LogP contribution in [0.3, 0.4) is 0 Å². The minimum Gasteiger partial charge on any atom is -0.113 e. The molecule has 0 saturated carbocycles. The van der Waals surface area contributed by atoms with Crippen LogP contribution in [0.5, 0.6) is 0 Å².